The van der Waals surface area contributed by atoms with Crippen LogP contribution in [0.5, 0.6) is 5.75 Å². The van der Waals surface area contributed by atoms with Crippen LogP contribution in [0.2, 0.25) is 0 Å². The quantitative estimate of drug-likeness (QED) is 0.701. The second-order valence-electron chi connectivity index (χ2n) is 4.67. The Hall–Kier alpha value is -2.09. The maximum absolute atomic E-state index is 12.2. The molecule has 0 unspecified atom stereocenters. The van der Waals surface area contributed by atoms with Crippen LogP contribution < -0.4 is 15.4 Å². The van der Waals surface area contributed by atoms with E-state index in [0.29, 0.717) is 23.6 Å². The van der Waals surface area contributed by atoms with Gasteiger partial charge in [-0.2, -0.15) is 0 Å². The molecule has 2 aromatic rings. The molecule has 0 bridgehead atoms. The molecule has 0 heterocycles. The van der Waals surface area contributed by atoms with Crippen LogP contribution in [-0.4, -0.2) is 25.0 Å². The minimum atomic E-state index is -0.341. The van der Waals surface area contributed by atoms with E-state index in [9.17, 15) is 9.59 Å². The number of carbonyl (C=O) groups excluding carboxylic acids is 2. The van der Waals surface area contributed by atoms with Crippen LogP contribution >= 0.6 is 22.6 Å². The molecule has 0 spiro atoms. The first kappa shape index (κ1) is 17.3. The van der Waals surface area contributed by atoms with Crippen LogP contribution in [0.4, 0.5) is 5.69 Å². The third kappa shape index (κ3) is 5.24. The van der Waals surface area contributed by atoms with Gasteiger partial charge in [-0.05, 0) is 65.9 Å². The third-order valence-electron chi connectivity index (χ3n) is 2.97. The summed E-state index contributed by atoms with van der Waals surface area (Å²) in [5.74, 6) is -0.120. The van der Waals surface area contributed by atoms with Gasteiger partial charge < -0.3 is 15.4 Å². The van der Waals surface area contributed by atoms with Gasteiger partial charge in [0.25, 0.3) is 5.91 Å². The van der Waals surface area contributed by atoms with Crippen molar-refractivity contribution in [3.05, 3.63) is 57.7 Å². The van der Waals surface area contributed by atoms with Crippen molar-refractivity contribution in [3.63, 3.8) is 0 Å². The van der Waals surface area contributed by atoms with Crippen molar-refractivity contribution in [1.82, 2.24) is 5.32 Å². The average Bonchev–Trinajstić information content (AvgIpc) is 2.56. The summed E-state index contributed by atoms with van der Waals surface area (Å²) in [6.45, 7) is 2.21. The van der Waals surface area contributed by atoms with Gasteiger partial charge in [0.15, 0.2) is 0 Å². The van der Waals surface area contributed by atoms with E-state index < -0.39 is 0 Å². The van der Waals surface area contributed by atoms with Gasteiger partial charge in [-0.3, -0.25) is 9.59 Å². The molecule has 0 saturated carbocycles. The molecule has 0 aromatic heterocycles. The molecule has 0 radical (unpaired) electrons. The number of ether oxygens (including phenoxy) is 1. The lowest BCUT2D eigenvalue weighted by atomic mass is 10.2. The van der Waals surface area contributed by atoms with Crippen LogP contribution in [0.25, 0.3) is 0 Å². The summed E-state index contributed by atoms with van der Waals surface area (Å²) >= 11 is 2.19. The molecule has 5 nitrogen and oxygen atoms in total. The van der Waals surface area contributed by atoms with Crippen molar-refractivity contribution < 1.29 is 14.3 Å². The summed E-state index contributed by atoms with van der Waals surface area (Å²) in [5.41, 5.74) is 1.11. The van der Waals surface area contributed by atoms with E-state index in [1.54, 1.807) is 24.3 Å². The van der Waals surface area contributed by atoms with Crippen LogP contribution in [0.3, 0.4) is 0 Å². The molecule has 6 heteroatoms. The number of nitrogens with one attached hydrogen (secondary N) is 2. The fourth-order valence-corrected chi connectivity index (χ4v) is 2.29. The number of amides is 2. The Morgan fingerprint density at radius 3 is 2.48 bits per heavy atom. The molecule has 2 aromatic carbocycles. The first-order valence-electron chi connectivity index (χ1n) is 7.15. The Balaban J connectivity index is 1.91. The Kier molecular flexibility index (Phi) is 6.40. The van der Waals surface area contributed by atoms with Crippen molar-refractivity contribution in [2.75, 3.05) is 18.5 Å². The molecule has 0 atom stereocenters. The van der Waals surface area contributed by atoms with Gasteiger partial charge in [-0.1, -0.05) is 12.1 Å². The van der Waals surface area contributed by atoms with Crippen LogP contribution in [0.15, 0.2) is 48.5 Å². The second kappa shape index (κ2) is 8.52. The SMILES string of the molecule is CCOc1ccccc1C(=O)NCC(=O)Nc1ccc(I)cc1. The van der Waals surface area contributed by atoms with E-state index in [2.05, 4.69) is 33.2 Å². The Morgan fingerprint density at radius 1 is 1.09 bits per heavy atom. The fraction of sp³-hybridized carbons (Fsp3) is 0.176. The monoisotopic (exact) mass is 424 g/mol. The largest absolute Gasteiger partial charge is 0.493 e. The van der Waals surface area contributed by atoms with E-state index >= 15 is 0 Å². The maximum Gasteiger partial charge on any atom is 0.255 e. The highest BCUT2D eigenvalue weighted by Gasteiger charge is 2.13. The minimum Gasteiger partial charge on any atom is -0.493 e. The van der Waals surface area contributed by atoms with Crippen LogP contribution in [0, 0.1) is 3.57 Å². The molecule has 0 aliphatic carbocycles. The zero-order chi connectivity index (χ0) is 16.7. The van der Waals surface area contributed by atoms with Gasteiger partial charge in [0, 0.05) is 9.26 Å². The van der Waals surface area contributed by atoms with Gasteiger partial charge in [0.1, 0.15) is 5.75 Å². The topological polar surface area (TPSA) is 67.4 Å². The fourth-order valence-electron chi connectivity index (χ4n) is 1.93. The highest BCUT2D eigenvalue weighted by atomic mass is 127. The molecule has 0 fully saturated rings. The molecule has 0 saturated heterocycles. The van der Waals surface area contributed by atoms with Crippen molar-refractivity contribution >= 4 is 40.1 Å². The van der Waals surface area contributed by atoms with Gasteiger partial charge >= 0.3 is 0 Å². The summed E-state index contributed by atoms with van der Waals surface area (Å²) in [5, 5.41) is 5.32. The minimum absolute atomic E-state index is 0.106. The van der Waals surface area contributed by atoms with E-state index in [1.807, 2.05) is 31.2 Å². The van der Waals surface area contributed by atoms with Crippen LogP contribution in [0.1, 0.15) is 17.3 Å². The standard InChI is InChI=1S/C17H17IN2O3/c1-2-23-15-6-4-3-5-14(15)17(22)19-11-16(21)20-13-9-7-12(18)8-10-13/h3-10H,2,11H2,1H3,(H,19,22)(H,20,21). The molecule has 0 aliphatic heterocycles. The number of benzene rings is 2. The van der Waals surface area contributed by atoms with E-state index in [0.717, 1.165) is 3.57 Å². The number of carbonyl (C=O) groups is 2. The second-order valence-corrected chi connectivity index (χ2v) is 5.91. The number of halogens is 1. The third-order valence-corrected chi connectivity index (χ3v) is 3.69. The number of hydrogen-bond acceptors (Lipinski definition) is 3. The zero-order valence-electron chi connectivity index (χ0n) is 12.6. The van der Waals surface area contributed by atoms with E-state index in [4.69, 9.17) is 4.74 Å². The highest BCUT2D eigenvalue weighted by molar-refractivity contribution is 14.1. The molecule has 2 amide bonds. The molecular formula is C17H17IN2O3. The number of anilines is 1. The lowest BCUT2D eigenvalue weighted by Crippen LogP contribution is -2.33. The van der Waals surface area contributed by atoms with Crippen molar-refractivity contribution in [3.8, 4) is 5.75 Å². The van der Waals surface area contributed by atoms with Gasteiger partial charge in [-0.15, -0.1) is 0 Å². The number of hydrogen-bond donors (Lipinski definition) is 2. The summed E-state index contributed by atoms with van der Waals surface area (Å²) in [6.07, 6.45) is 0. The molecular weight excluding hydrogens is 407 g/mol. The van der Waals surface area contributed by atoms with E-state index in [1.165, 1.54) is 0 Å². The highest BCUT2D eigenvalue weighted by Crippen LogP contribution is 2.17. The van der Waals surface area contributed by atoms with Crippen molar-refractivity contribution in [2.24, 2.45) is 0 Å². The van der Waals surface area contributed by atoms with Gasteiger partial charge in [0.2, 0.25) is 5.91 Å². The Morgan fingerprint density at radius 2 is 1.78 bits per heavy atom. The predicted molar refractivity (Wildman–Crippen MR) is 97.7 cm³/mol. The zero-order valence-corrected chi connectivity index (χ0v) is 14.8. The summed E-state index contributed by atoms with van der Waals surface area (Å²) in [6, 6.07) is 14.4. The normalized spacial score (nSPS) is 10.0. The summed E-state index contributed by atoms with van der Waals surface area (Å²) in [7, 11) is 0. The lowest BCUT2D eigenvalue weighted by Gasteiger charge is -2.10. The van der Waals surface area contributed by atoms with Crippen molar-refractivity contribution in [2.45, 2.75) is 6.92 Å². The smallest absolute Gasteiger partial charge is 0.255 e. The molecule has 2 N–H and O–H groups in total. The van der Waals surface area contributed by atoms with Gasteiger partial charge in [0.05, 0.1) is 18.7 Å². The summed E-state index contributed by atoms with van der Waals surface area (Å²) in [4.78, 5) is 24.1. The lowest BCUT2D eigenvalue weighted by molar-refractivity contribution is -0.115. The molecule has 0 aliphatic rings. The summed E-state index contributed by atoms with van der Waals surface area (Å²) < 4.78 is 6.49. The van der Waals surface area contributed by atoms with Crippen molar-refractivity contribution in [1.29, 1.82) is 0 Å². The predicted octanol–water partition coefficient (Wildman–Crippen LogP) is 3.06. The van der Waals surface area contributed by atoms with Crippen LogP contribution in [-0.2, 0) is 4.79 Å². The molecule has 23 heavy (non-hydrogen) atoms. The Labute approximate surface area is 148 Å². The maximum atomic E-state index is 12.2. The molecule has 2 rings (SSSR count). The first-order chi connectivity index (χ1) is 11.1. The average molecular weight is 424 g/mol. The number of rotatable bonds is 6. The van der Waals surface area contributed by atoms with E-state index in [-0.39, 0.29) is 18.4 Å². The molecule has 120 valence electrons. The Bertz CT molecular complexity index is 686. The number of para-hydroxylation sites is 1. The first-order valence-corrected chi connectivity index (χ1v) is 8.23. The van der Waals surface area contributed by atoms with Gasteiger partial charge in [-0.25, -0.2) is 0 Å².